The summed E-state index contributed by atoms with van der Waals surface area (Å²) in [7, 11) is -3.64. The maximum atomic E-state index is 14.0. The van der Waals surface area contributed by atoms with Gasteiger partial charge in [-0.3, -0.25) is 4.31 Å². The molecule has 2 aromatic rings. The second-order valence-corrected chi connectivity index (χ2v) is 7.40. The number of nitrogens with zero attached hydrogens (tertiary/aromatic N) is 1. The molecule has 0 fully saturated rings. The lowest BCUT2D eigenvalue weighted by Gasteiger charge is -2.30. The van der Waals surface area contributed by atoms with E-state index in [4.69, 9.17) is 0 Å². The van der Waals surface area contributed by atoms with Crippen molar-refractivity contribution in [3.8, 4) is 0 Å². The van der Waals surface area contributed by atoms with Crippen LogP contribution in [0.4, 0.5) is 10.1 Å². The Kier molecular flexibility index (Phi) is 3.06. The van der Waals surface area contributed by atoms with Gasteiger partial charge in [0.25, 0.3) is 10.0 Å². The highest BCUT2D eigenvalue weighted by Crippen LogP contribution is 2.35. The number of para-hydroxylation sites is 1. The van der Waals surface area contributed by atoms with Crippen LogP contribution >= 0.6 is 11.3 Å². The second kappa shape index (κ2) is 4.61. The molecule has 6 heteroatoms. The number of aryl methyl sites for hydroxylation is 1. The molecule has 0 saturated carbocycles. The average molecular weight is 297 g/mol. The summed E-state index contributed by atoms with van der Waals surface area (Å²) in [5.41, 5.74) is 0.966. The Morgan fingerprint density at radius 2 is 2.05 bits per heavy atom. The van der Waals surface area contributed by atoms with Gasteiger partial charge in [0.05, 0.1) is 5.69 Å². The maximum Gasteiger partial charge on any atom is 0.273 e. The zero-order chi connectivity index (χ0) is 13.5. The molecule has 0 spiro atoms. The number of sulfonamides is 1. The highest BCUT2D eigenvalue weighted by molar-refractivity contribution is 7.94. The van der Waals surface area contributed by atoms with Crippen LogP contribution in [0.5, 0.6) is 0 Å². The summed E-state index contributed by atoms with van der Waals surface area (Å²) < 4.78 is 40.5. The highest BCUT2D eigenvalue weighted by atomic mass is 32.2. The number of hydrogen-bond acceptors (Lipinski definition) is 3. The van der Waals surface area contributed by atoms with Crippen LogP contribution in [-0.2, 0) is 16.4 Å². The Morgan fingerprint density at radius 1 is 1.21 bits per heavy atom. The van der Waals surface area contributed by atoms with E-state index in [1.807, 2.05) is 0 Å². The third kappa shape index (κ3) is 2.04. The van der Waals surface area contributed by atoms with Gasteiger partial charge in [-0.1, -0.05) is 18.2 Å². The lowest BCUT2D eigenvalue weighted by molar-refractivity contribution is 0.579. The summed E-state index contributed by atoms with van der Waals surface area (Å²) in [6.07, 6.45) is 1.42. The first-order valence-corrected chi connectivity index (χ1v) is 8.26. The molecule has 0 amide bonds. The first-order chi connectivity index (χ1) is 9.10. The van der Waals surface area contributed by atoms with Gasteiger partial charge >= 0.3 is 0 Å². The Labute approximate surface area is 115 Å². The minimum atomic E-state index is -3.64. The average Bonchev–Trinajstić information content (AvgIpc) is 2.93. The largest absolute Gasteiger partial charge is 0.273 e. The predicted octanol–water partition coefficient (Wildman–Crippen LogP) is 3.03. The molecule has 1 aliphatic heterocycles. The Balaban J connectivity index is 2.15. The van der Waals surface area contributed by atoms with Crippen LogP contribution in [0.1, 0.15) is 12.0 Å². The van der Waals surface area contributed by atoms with Gasteiger partial charge in [0.15, 0.2) is 0 Å². The van der Waals surface area contributed by atoms with Gasteiger partial charge in [0.2, 0.25) is 0 Å². The summed E-state index contributed by atoms with van der Waals surface area (Å²) in [6.45, 7) is 0.328. The molecule has 1 aliphatic rings. The lowest BCUT2D eigenvalue weighted by Crippen LogP contribution is -2.35. The van der Waals surface area contributed by atoms with Crippen molar-refractivity contribution >= 4 is 27.0 Å². The molecular weight excluding hydrogens is 285 g/mol. The molecule has 0 radical (unpaired) electrons. The fourth-order valence-corrected chi connectivity index (χ4v) is 4.98. The van der Waals surface area contributed by atoms with Crippen molar-refractivity contribution in [1.29, 1.82) is 0 Å². The Hall–Kier alpha value is -1.40. The van der Waals surface area contributed by atoms with Gasteiger partial charge in [0, 0.05) is 6.54 Å². The van der Waals surface area contributed by atoms with Gasteiger partial charge in [0.1, 0.15) is 10.0 Å². The summed E-state index contributed by atoms with van der Waals surface area (Å²) in [5, 5.41) is 1.71. The molecule has 0 unspecified atom stereocenters. The molecule has 0 saturated heterocycles. The van der Waals surface area contributed by atoms with Crippen molar-refractivity contribution in [2.24, 2.45) is 0 Å². The molecule has 100 valence electrons. The number of rotatable bonds is 2. The molecule has 0 N–H and O–H groups in total. The maximum absolute atomic E-state index is 14.0. The predicted molar refractivity (Wildman–Crippen MR) is 73.6 cm³/mol. The van der Waals surface area contributed by atoms with Crippen molar-refractivity contribution in [3.05, 3.63) is 47.1 Å². The van der Waals surface area contributed by atoms with Crippen LogP contribution in [-0.4, -0.2) is 15.0 Å². The number of fused-ring (bicyclic) bond motifs is 1. The van der Waals surface area contributed by atoms with Gasteiger partial charge in [-0.05, 0) is 35.9 Å². The summed E-state index contributed by atoms with van der Waals surface area (Å²) in [6, 6.07) is 7.95. The number of benzene rings is 1. The lowest BCUT2D eigenvalue weighted by atomic mass is 10.0. The van der Waals surface area contributed by atoms with Crippen molar-refractivity contribution in [3.63, 3.8) is 0 Å². The first kappa shape index (κ1) is 12.6. The first-order valence-electron chi connectivity index (χ1n) is 5.94. The number of anilines is 1. The van der Waals surface area contributed by atoms with Crippen LogP contribution in [0.2, 0.25) is 0 Å². The van der Waals surface area contributed by atoms with E-state index in [1.54, 1.807) is 29.6 Å². The zero-order valence-electron chi connectivity index (χ0n) is 10.0. The van der Waals surface area contributed by atoms with E-state index in [1.165, 1.54) is 10.4 Å². The molecule has 3 nitrogen and oxygen atoms in total. The van der Waals surface area contributed by atoms with Gasteiger partial charge < -0.3 is 0 Å². The number of halogens is 1. The van der Waals surface area contributed by atoms with Crippen molar-refractivity contribution < 1.29 is 12.8 Å². The molecule has 3 rings (SSSR count). The topological polar surface area (TPSA) is 37.4 Å². The molecule has 19 heavy (non-hydrogen) atoms. The van der Waals surface area contributed by atoms with Gasteiger partial charge in [-0.15, -0.1) is 11.3 Å². The van der Waals surface area contributed by atoms with Crippen LogP contribution in [0.15, 0.2) is 39.9 Å². The van der Waals surface area contributed by atoms with Crippen molar-refractivity contribution in [2.75, 3.05) is 10.8 Å². The van der Waals surface area contributed by atoms with Gasteiger partial charge in [-0.2, -0.15) is 0 Å². The third-order valence-corrected chi connectivity index (χ3v) is 6.34. The van der Waals surface area contributed by atoms with Crippen LogP contribution in [0.3, 0.4) is 0 Å². The number of thiophene rings is 1. The molecule has 0 bridgehead atoms. The van der Waals surface area contributed by atoms with Crippen LogP contribution in [0, 0.1) is 5.82 Å². The molecule has 0 atom stereocenters. The van der Waals surface area contributed by atoms with Gasteiger partial charge in [-0.25, -0.2) is 12.8 Å². The molecule has 2 heterocycles. The fourth-order valence-electron chi connectivity index (χ4n) is 2.33. The highest BCUT2D eigenvalue weighted by Gasteiger charge is 2.31. The molecule has 1 aromatic heterocycles. The van der Waals surface area contributed by atoms with E-state index in [2.05, 4.69) is 0 Å². The summed E-state index contributed by atoms with van der Waals surface area (Å²) in [5.74, 6) is -0.475. The summed E-state index contributed by atoms with van der Waals surface area (Å²) in [4.78, 5) is 0. The van der Waals surface area contributed by atoms with Crippen molar-refractivity contribution in [2.45, 2.75) is 17.1 Å². The quantitative estimate of drug-likeness (QED) is 0.854. The van der Waals surface area contributed by atoms with E-state index in [9.17, 15) is 12.8 Å². The zero-order valence-corrected chi connectivity index (χ0v) is 11.7. The Bertz CT molecular complexity index is 695. The smallest absolute Gasteiger partial charge is 0.262 e. The van der Waals surface area contributed by atoms with Crippen LogP contribution < -0.4 is 4.31 Å². The van der Waals surface area contributed by atoms with E-state index >= 15 is 0 Å². The SMILES string of the molecule is O=S(=O)(c1cccs1)N1CCCc2cccc(F)c21. The standard InChI is InChI=1S/C13H12FNO2S2/c14-11-6-1-4-10-5-2-8-15(13(10)11)19(16,17)12-7-3-9-18-12/h1,3-4,6-7,9H,2,5,8H2. The second-order valence-electron chi connectivity index (χ2n) is 4.36. The molecular formula is C13H12FNO2S2. The molecule has 1 aromatic carbocycles. The minimum Gasteiger partial charge on any atom is -0.262 e. The van der Waals surface area contributed by atoms with E-state index in [-0.39, 0.29) is 9.90 Å². The fraction of sp³-hybridized carbons (Fsp3) is 0.231. The number of hydrogen-bond donors (Lipinski definition) is 0. The minimum absolute atomic E-state index is 0.210. The van der Waals surface area contributed by atoms with E-state index < -0.39 is 15.8 Å². The third-order valence-electron chi connectivity index (χ3n) is 3.17. The monoisotopic (exact) mass is 297 g/mol. The van der Waals surface area contributed by atoms with Crippen LogP contribution in [0.25, 0.3) is 0 Å². The van der Waals surface area contributed by atoms with Crippen molar-refractivity contribution in [1.82, 2.24) is 0 Å². The summed E-state index contributed by atoms with van der Waals surface area (Å²) >= 11 is 1.15. The van der Waals surface area contributed by atoms with E-state index in [0.717, 1.165) is 16.9 Å². The Morgan fingerprint density at radius 3 is 2.79 bits per heavy atom. The molecule has 0 aliphatic carbocycles. The normalized spacial score (nSPS) is 15.3. The van der Waals surface area contributed by atoms with E-state index in [0.29, 0.717) is 19.4 Å².